The van der Waals surface area contributed by atoms with Gasteiger partial charge in [0.05, 0.1) is 11.2 Å². The van der Waals surface area contributed by atoms with Crippen LogP contribution in [-0.2, 0) is 9.53 Å². The fraction of sp³-hybridized carbons (Fsp3) is 0.625. The van der Waals surface area contributed by atoms with Crippen molar-refractivity contribution in [3.05, 3.63) is 16.9 Å². The maximum absolute atomic E-state index is 12.2. The van der Waals surface area contributed by atoms with E-state index in [0.29, 0.717) is 17.6 Å². The van der Waals surface area contributed by atoms with E-state index < -0.39 is 12.1 Å². The van der Waals surface area contributed by atoms with Crippen LogP contribution in [0.2, 0.25) is 5.02 Å². The average Bonchev–Trinajstić information content (AvgIpc) is 2.60. The van der Waals surface area contributed by atoms with Crippen LogP contribution in [0.5, 0.6) is 0 Å². The van der Waals surface area contributed by atoms with E-state index >= 15 is 0 Å². The first-order chi connectivity index (χ1) is 11.5. The summed E-state index contributed by atoms with van der Waals surface area (Å²) in [6.45, 7) is 2.17. The van der Waals surface area contributed by atoms with Crippen molar-refractivity contribution in [2.45, 2.75) is 50.3 Å². The number of ether oxygens (including phenoxy) is 1. The van der Waals surface area contributed by atoms with Crippen molar-refractivity contribution < 1.29 is 14.3 Å². The number of esters is 1. The lowest BCUT2D eigenvalue weighted by molar-refractivity contribution is -0.129. The highest BCUT2D eigenvalue weighted by Crippen LogP contribution is 2.23. The van der Waals surface area contributed by atoms with Crippen LogP contribution in [0, 0.1) is 5.92 Å². The molecule has 1 fully saturated rings. The van der Waals surface area contributed by atoms with E-state index in [1.165, 1.54) is 37.2 Å². The Morgan fingerprint density at radius 2 is 2.12 bits per heavy atom. The molecule has 1 aromatic heterocycles. The molecular weight excluding hydrogens is 350 g/mol. The molecule has 0 bridgehead atoms. The standard InChI is InChI=1S/C16H22ClN3O3S/c1-10(14(21)18-8-11-6-4-3-5-7-11)23-15(22)13-12(17)9-19-16(20-13)24-2/h9-11H,3-8H2,1-2H3,(H,18,21)/t10-/m0/s1. The second-order valence-corrected chi connectivity index (χ2v) is 7.03. The van der Waals surface area contributed by atoms with Crippen LogP contribution in [-0.4, -0.2) is 40.7 Å². The van der Waals surface area contributed by atoms with Gasteiger partial charge in [-0.3, -0.25) is 4.79 Å². The van der Waals surface area contributed by atoms with Crippen molar-refractivity contribution in [1.82, 2.24) is 15.3 Å². The van der Waals surface area contributed by atoms with Crippen LogP contribution in [0.3, 0.4) is 0 Å². The van der Waals surface area contributed by atoms with Gasteiger partial charge < -0.3 is 10.1 Å². The lowest BCUT2D eigenvalue weighted by Gasteiger charge is -2.22. The van der Waals surface area contributed by atoms with E-state index in [1.807, 2.05) is 0 Å². The molecule has 132 valence electrons. The molecule has 1 aliphatic carbocycles. The molecule has 0 aliphatic heterocycles. The number of hydrogen-bond donors (Lipinski definition) is 1. The summed E-state index contributed by atoms with van der Waals surface area (Å²) < 4.78 is 5.18. The molecule has 6 nitrogen and oxygen atoms in total. The highest BCUT2D eigenvalue weighted by Gasteiger charge is 2.23. The second kappa shape index (κ2) is 9.22. The number of halogens is 1. The fourth-order valence-electron chi connectivity index (χ4n) is 2.64. The topological polar surface area (TPSA) is 81.2 Å². The normalized spacial score (nSPS) is 16.5. The number of hydrogen-bond acceptors (Lipinski definition) is 6. The molecule has 1 amide bonds. The summed E-state index contributed by atoms with van der Waals surface area (Å²) >= 11 is 7.23. The number of aromatic nitrogens is 2. The molecule has 1 aromatic rings. The van der Waals surface area contributed by atoms with Crippen molar-refractivity contribution in [2.24, 2.45) is 5.92 Å². The Bertz CT molecular complexity index is 594. The van der Waals surface area contributed by atoms with Gasteiger partial charge in [0.25, 0.3) is 5.91 Å². The van der Waals surface area contributed by atoms with Crippen molar-refractivity contribution >= 4 is 35.2 Å². The molecule has 1 heterocycles. The van der Waals surface area contributed by atoms with Crippen LogP contribution in [0.4, 0.5) is 0 Å². The minimum atomic E-state index is -0.898. The molecule has 24 heavy (non-hydrogen) atoms. The van der Waals surface area contributed by atoms with E-state index in [4.69, 9.17) is 16.3 Å². The molecule has 1 aliphatic rings. The van der Waals surface area contributed by atoms with Gasteiger partial charge in [0.2, 0.25) is 0 Å². The van der Waals surface area contributed by atoms with Gasteiger partial charge in [0.1, 0.15) is 0 Å². The molecule has 0 saturated heterocycles. The van der Waals surface area contributed by atoms with E-state index in [9.17, 15) is 9.59 Å². The number of amides is 1. The molecule has 2 rings (SSSR count). The predicted molar refractivity (Wildman–Crippen MR) is 93.3 cm³/mol. The van der Waals surface area contributed by atoms with Gasteiger partial charge in [0.15, 0.2) is 17.0 Å². The minimum absolute atomic E-state index is 0.0250. The number of carbonyl (C=O) groups excluding carboxylic acids is 2. The SMILES string of the molecule is CSc1ncc(Cl)c(C(=O)O[C@@H](C)C(=O)NCC2CCCCC2)n1. The van der Waals surface area contributed by atoms with Gasteiger partial charge in [-0.15, -0.1) is 0 Å². The molecule has 8 heteroatoms. The van der Waals surface area contributed by atoms with Crippen molar-refractivity contribution in [1.29, 1.82) is 0 Å². The summed E-state index contributed by atoms with van der Waals surface area (Å²) in [5.41, 5.74) is -0.0250. The number of nitrogens with zero attached hydrogens (tertiary/aromatic N) is 2. The minimum Gasteiger partial charge on any atom is -0.448 e. The predicted octanol–water partition coefficient (Wildman–Crippen LogP) is 3.09. The summed E-state index contributed by atoms with van der Waals surface area (Å²) in [6.07, 6.45) is 8.24. The first kappa shape index (κ1) is 19.0. The number of thioether (sulfide) groups is 1. The maximum atomic E-state index is 12.2. The van der Waals surface area contributed by atoms with Crippen LogP contribution >= 0.6 is 23.4 Å². The summed E-state index contributed by atoms with van der Waals surface area (Å²) in [7, 11) is 0. The Morgan fingerprint density at radius 1 is 1.42 bits per heavy atom. The molecule has 1 saturated carbocycles. The fourth-order valence-corrected chi connectivity index (χ4v) is 3.15. The first-order valence-corrected chi connectivity index (χ1v) is 9.66. The summed E-state index contributed by atoms with van der Waals surface area (Å²) in [4.78, 5) is 32.3. The van der Waals surface area contributed by atoms with Gasteiger partial charge >= 0.3 is 5.97 Å². The van der Waals surface area contributed by atoms with Gasteiger partial charge in [-0.1, -0.05) is 42.6 Å². The summed E-state index contributed by atoms with van der Waals surface area (Å²) in [5.74, 6) is -0.506. The Balaban J connectivity index is 1.87. The van der Waals surface area contributed by atoms with E-state index in [1.54, 1.807) is 13.2 Å². The third-order valence-corrected chi connectivity index (χ3v) is 4.88. The van der Waals surface area contributed by atoms with Gasteiger partial charge in [0, 0.05) is 6.54 Å². The van der Waals surface area contributed by atoms with Gasteiger partial charge in [-0.2, -0.15) is 0 Å². The Morgan fingerprint density at radius 3 is 2.79 bits per heavy atom. The van der Waals surface area contributed by atoms with Crippen LogP contribution in [0.1, 0.15) is 49.5 Å². The highest BCUT2D eigenvalue weighted by atomic mass is 35.5. The maximum Gasteiger partial charge on any atom is 0.359 e. The third-order valence-electron chi connectivity index (χ3n) is 4.04. The third kappa shape index (κ3) is 5.34. The number of nitrogens with one attached hydrogen (secondary N) is 1. The van der Waals surface area contributed by atoms with Crippen molar-refractivity contribution in [3.8, 4) is 0 Å². The summed E-state index contributed by atoms with van der Waals surface area (Å²) in [6, 6.07) is 0. The smallest absolute Gasteiger partial charge is 0.359 e. The molecule has 1 atom stereocenters. The van der Waals surface area contributed by atoms with Gasteiger partial charge in [-0.25, -0.2) is 14.8 Å². The largest absolute Gasteiger partial charge is 0.448 e. The Labute approximate surface area is 151 Å². The zero-order valence-electron chi connectivity index (χ0n) is 13.9. The van der Waals surface area contributed by atoms with Crippen molar-refractivity contribution in [3.63, 3.8) is 0 Å². The highest BCUT2D eigenvalue weighted by molar-refractivity contribution is 7.98. The average molecular weight is 372 g/mol. The van der Waals surface area contributed by atoms with E-state index in [0.717, 1.165) is 12.8 Å². The molecule has 1 N–H and O–H groups in total. The first-order valence-electron chi connectivity index (χ1n) is 8.06. The monoisotopic (exact) mass is 371 g/mol. The van der Waals surface area contributed by atoms with Crippen LogP contribution < -0.4 is 5.32 Å². The van der Waals surface area contributed by atoms with Crippen molar-refractivity contribution in [2.75, 3.05) is 12.8 Å². The molecule has 0 spiro atoms. The molecule has 0 unspecified atom stereocenters. The van der Waals surface area contributed by atoms with Gasteiger partial charge in [-0.05, 0) is 31.9 Å². The number of carbonyl (C=O) groups is 2. The number of rotatable bonds is 6. The molecular formula is C16H22ClN3O3S. The van der Waals surface area contributed by atoms with E-state index in [-0.39, 0.29) is 16.6 Å². The molecule has 0 radical (unpaired) electrons. The van der Waals surface area contributed by atoms with E-state index in [2.05, 4.69) is 15.3 Å². The Hall–Kier alpha value is -1.34. The zero-order valence-corrected chi connectivity index (χ0v) is 15.5. The molecule has 0 aromatic carbocycles. The Kier molecular flexibility index (Phi) is 7.30. The quantitative estimate of drug-likeness (QED) is 0.470. The lowest BCUT2D eigenvalue weighted by atomic mass is 9.89. The lowest BCUT2D eigenvalue weighted by Crippen LogP contribution is -2.38. The summed E-state index contributed by atoms with van der Waals surface area (Å²) in [5, 5.41) is 3.38. The zero-order chi connectivity index (χ0) is 17.5. The van der Waals surface area contributed by atoms with Crippen LogP contribution in [0.25, 0.3) is 0 Å². The van der Waals surface area contributed by atoms with Crippen LogP contribution in [0.15, 0.2) is 11.4 Å². The second-order valence-electron chi connectivity index (χ2n) is 5.85.